The molecular formula is C13H26N2O4S. The average Bonchev–Trinajstić information content (AvgIpc) is 2.81. The molecule has 0 aromatic carbocycles. The summed E-state index contributed by atoms with van der Waals surface area (Å²) >= 11 is 0. The standard InChI is InChI=1S/C11H22N2O2S.C2H4O2/c12-11-5-7-13(8-6-11)16(14,15)9-10-3-1-2-4-10;1-2(3)4/h10-11H,1-9,12H2;1H3,(H,3,4). The Morgan fingerprint density at radius 1 is 1.20 bits per heavy atom. The maximum absolute atomic E-state index is 12.1. The first-order chi connectivity index (χ1) is 9.31. The zero-order chi connectivity index (χ0) is 15.2. The average molecular weight is 306 g/mol. The molecule has 3 N–H and O–H groups in total. The van der Waals surface area contributed by atoms with Crippen molar-refractivity contribution in [3.05, 3.63) is 0 Å². The minimum absolute atomic E-state index is 0.193. The Bertz CT molecular complexity index is 393. The third-order valence-corrected chi connectivity index (χ3v) is 5.86. The quantitative estimate of drug-likeness (QED) is 0.810. The number of nitrogens with zero attached hydrogens (tertiary/aromatic N) is 1. The molecule has 2 rings (SSSR count). The minimum atomic E-state index is -3.01. The van der Waals surface area contributed by atoms with Crippen LogP contribution in [-0.2, 0) is 14.8 Å². The number of carbonyl (C=O) groups is 1. The van der Waals surface area contributed by atoms with Gasteiger partial charge >= 0.3 is 0 Å². The van der Waals surface area contributed by atoms with E-state index in [4.69, 9.17) is 15.6 Å². The fourth-order valence-corrected chi connectivity index (χ4v) is 4.64. The Morgan fingerprint density at radius 3 is 2.10 bits per heavy atom. The highest BCUT2D eigenvalue weighted by molar-refractivity contribution is 7.89. The lowest BCUT2D eigenvalue weighted by atomic mass is 10.1. The summed E-state index contributed by atoms with van der Waals surface area (Å²) in [6, 6.07) is 0.193. The minimum Gasteiger partial charge on any atom is -0.481 e. The van der Waals surface area contributed by atoms with Crippen molar-refractivity contribution in [2.24, 2.45) is 11.7 Å². The first kappa shape index (κ1) is 17.4. The summed E-state index contributed by atoms with van der Waals surface area (Å²) in [4.78, 5) is 9.00. The Labute approximate surface area is 121 Å². The maximum Gasteiger partial charge on any atom is 0.300 e. The molecule has 2 aliphatic rings. The molecule has 0 atom stereocenters. The van der Waals surface area contributed by atoms with Crippen LogP contribution < -0.4 is 5.73 Å². The maximum atomic E-state index is 12.1. The van der Waals surface area contributed by atoms with E-state index in [-0.39, 0.29) is 6.04 Å². The summed E-state index contributed by atoms with van der Waals surface area (Å²) in [5.74, 6) is -0.0667. The Morgan fingerprint density at radius 2 is 1.65 bits per heavy atom. The molecule has 0 spiro atoms. The molecule has 0 radical (unpaired) electrons. The highest BCUT2D eigenvalue weighted by Crippen LogP contribution is 2.27. The number of hydrogen-bond acceptors (Lipinski definition) is 4. The van der Waals surface area contributed by atoms with E-state index in [1.807, 2.05) is 0 Å². The van der Waals surface area contributed by atoms with Crippen molar-refractivity contribution >= 4 is 16.0 Å². The van der Waals surface area contributed by atoms with Crippen LogP contribution in [0.4, 0.5) is 0 Å². The van der Waals surface area contributed by atoms with Crippen LogP contribution in [0, 0.1) is 5.92 Å². The van der Waals surface area contributed by atoms with Crippen LogP contribution in [0.5, 0.6) is 0 Å². The van der Waals surface area contributed by atoms with E-state index in [0.29, 0.717) is 24.8 Å². The van der Waals surface area contributed by atoms with Crippen LogP contribution in [-0.4, -0.2) is 48.7 Å². The molecule has 0 unspecified atom stereocenters. The molecule has 1 aliphatic heterocycles. The van der Waals surface area contributed by atoms with Gasteiger partial charge in [-0.15, -0.1) is 0 Å². The molecule has 1 saturated carbocycles. The molecule has 2 fully saturated rings. The summed E-state index contributed by atoms with van der Waals surface area (Å²) in [5, 5.41) is 7.42. The van der Waals surface area contributed by atoms with Gasteiger partial charge in [0.15, 0.2) is 0 Å². The van der Waals surface area contributed by atoms with E-state index >= 15 is 0 Å². The second-order valence-electron chi connectivity index (χ2n) is 5.68. The number of rotatable bonds is 3. The van der Waals surface area contributed by atoms with Crippen molar-refractivity contribution in [2.75, 3.05) is 18.8 Å². The Balaban J connectivity index is 0.000000444. The highest BCUT2D eigenvalue weighted by Gasteiger charge is 2.30. The molecule has 6 nitrogen and oxygen atoms in total. The molecule has 7 heteroatoms. The first-order valence-electron chi connectivity index (χ1n) is 7.24. The number of piperidine rings is 1. The Hall–Kier alpha value is -0.660. The second-order valence-corrected chi connectivity index (χ2v) is 7.70. The van der Waals surface area contributed by atoms with Gasteiger partial charge in [-0.2, -0.15) is 0 Å². The normalized spacial score (nSPS) is 22.3. The predicted molar refractivity (Wildman–Crippen MR) is 77.8 cm³/mol. The first-order valence-corrected chi connectivity index (χ1v) is 8.85. The van der Waals surface area contributed by atoms with Crippen LogP contribution in [0.2, 0.25) is 0 Å². The largest absolute Gasteiger partial charge is 0.481 e. The van der Waals surface area contributed by atoms with Crippen LogP contribution >= 0.6 is 0 Å². The van der Waals surface area contributed by atoms with E-state index in [0.717, 1.165) is 32.6 Å². The summed E-state index contributed by atoms with van der Waals surface area (Å²) in [6.45, 7) is 2.33. The van der Waals surface area contributed by atoms with Gasteiger partial charge in [-0.3, -0.25) is 4.79 Å². The molecule has 0 amide bonds. The van der Waals surface area contributed by atoms with Gasteiger partial charge in [-0.1, -0.05) is 12.8 Å². The topological polar surface area (TPSA) is 101 Å². The van der Waals surface area contributed by atoms with Gasteiger partial charge in [-0.05, 0) is 31.6 Å². The smallest absolute Gasteiger partial charge is 0.300 e. The molecular weight excluding hydrogens is 280 g/mol. The summed E-state index contributed by atoms with van der Waals surface area (Å²) in [5.41, 5.74) is 5.78. The van der Waals surface area contributed by atoms with Gasteiger partial charge in [0.05, 0.1) is 5.75 Å². The van der Waals surface area contributed by atoms with Gasteiger partial charge in [0.2, 0.25) is 10.0 Å². The molecule has 1 heterocycles. The van der Waals surface area contributed by atoms with Crippen molar-refractivity contribution < 1.29 is 18.3 Å². The number of aliphatic carboxylic acids is 1. The lowest BCUT2D eigenvalue weighted by Crippen LogP contribution is -2.44. The Kier molecular flexibility index (Phi) is 6.91. The van der Waals surface area contributed by atoms with Gasteiger partial charge in [0.1, 0.15) is 0 Å². The monoisotopic (exact) mass is 306 g/mol. The highest BCUT2D eigenvalue weighted by atomic mass is 32.2. The molecule has 118 valence electrons. The van der Waals surface area contributed by atoms with E-state index in [9.17, 15) is 8.42 Å². The number of sulfonamides is 1. The number of hydrogen-bond donors (Lipinski definition) is 2. The third-order valence-electron chi connectivity index (χ3n) is 3.81. The lowest BCUT2D eigenvalue weighted by Gasteiger charge is -2.30. The third kappa shape index (κ3) is 6.19. The van der Waals surface area contributed by atoms with E-state index < -0.39 is 16.0 Å². The second kappa shape index (κ2) is 7.95. The fraction of sp³-hybridized carbons (Fsp3) is 0.923. The van der Waals surface area contributed by atoms with Gasteiger partial charge in [0.25, 0.3) is 5.97 Å². The van der Waals surface area contributed by atoms with Crippen molar-refractivity contribution in [1.29, 1.82) is 0 Å². The summed E-state index contributed by atoms with van der Waals surface area (Å²) < 4.78 is 25.9. The zero-order valence-electron chi connectivity index (χ0n) is 12.1. The molecule has 0 bridgehead atoms. The SMILES string of the molecule is CC(=O)O.NC1CCN(S(=O)(=O)CC2CCCC2)CC1. The van der Waals surface area contributed by atoms with E-state index in [2.05, 4.69) is 0 Å². The van der Waals surface area contributed by atoms with Gasteiger partial charge in [0, 0.05) is 26.1 Å². The number of nitrogens with two attached hydrogens (primary N) is 1. The van der Waals surface area contributed by atoms with Crippen molar-refractivity contribution in [1.82, 2.24) is 4.31 Å². The molecule has 0 aromatic rings. The van der Waals surface area contributed by atoms with Crippen LogP contribution in [0.1, 0.15) is 45.4 Å². The summed E-state index contributed by atoms with van der Waals surface area (Å²) in [6.07, 6.45) is 6.20. The van der Waals surface area contributed by atoms with Crippen molar-refractivity contribution in [2.45, 2.75) is 51.5 Å². The molecule has 1 saturated heterocycles. The fourth-order valence-electron chi connectivity index (χ4n) is 2.73. The molecule has 0 aromatic heterocycles. The molecule has 1 aliphatic carbocycles. The molecule has 20 heavy (non-hydrogen) atoms. The van der Waals surface area contributed by atoms with E-state index in [1.165, 1.54) is 12.8 Å². The van der Waals surface area contributed by atoms with Gasteiger partial charge in [-0.25, -0.2) is 12.7 Å². The van der Waals surface area contributed by atoms with Crippen LogP contribution in [0.3, 0.4) is 0 Å². The van der Waals surface area contributed by atoms with Crippen molar-refractivity contribution in [3.63, 3.8) is 0 Å². The number of carboxylic acids is 1. The summed E-state index contributed by atoms with van der Waals surface area (Å²) in [7, 11) is -3.01. The van der Waals surface area contributed by atoms with Crippen molar-refractivity contribution in [3.8, 4) is 0 Å². The number of carboxylic acid groups (broad SMARTS) is 1. The lowest BCUT2D eigenvalue weighted by molar-refractivity contribution is -0.134. The van der Waals surface area contributed by atoms with E-state index in [1.54, 1.807) is 4.31 Å². The zero-order valence-corrected chi connectivity index (χ0v) is 12.9. The predicted octanol–water partition coefficient (Wildman–Crippen LogP) is 1.02. The van der Waals surface area contributed by atoms with Crippen LogP contribution in [0.15, 0.2) is 0 Å². The van der Waals surface area contributed by atoms with Gasteiger partial charge < -0.3 is 10.8 Å². The van der Waals surface area contributed by atoms with Crippen LogP contribution in [0.25, 0.3) is 0 Å².